The highest BCUT2D eigenvalue weighted by Crippen LogP contribution is 2.12. The zero-order valence-corrected chi connectivity index (χ0v) is 6.33. The van der Waals surface area contributed by atoms with Crippen molar-refractivity contribution >= 4 is 11.7 Å². The summed E-state index contributed by atoms with van der Waals surface area (Å²) in [5, 5.41) is 11.2. The minimum absolute atomic E-state index is 0.132. The zero-order valence-electron chi connectivity index (χ0n) is 6.33. The molecule has 0 saturated carbocycles. The standard InChI is InChI=1S/C6H9NO4/c1-3-6(10,4(2)8)5(9)7-11/h10H,3H2,1-2H3. The van der Waals surface area contributed by atoms with E-state index >= 15 is 0 Å². The van der Waals surface area contributed by atoms with Gasteiger partial charge in [-0.25, -0.2) is 0 Å². The molecule has 5 heteroatoms. The first kappa shape index (κ1) is 9.90. The number of amides is 1. The lowest BCUT2D eigenvalue weighted by molar-refractivity contribution is -0.149. The summed E-state index contributed by atoms with van der Waals surface area (Å²) in [6.07, 6.45) is -0.132. The van der Waals surface area contributed by atoms with Gasteiger partial charge < -0.3 is 5.11 Å². The highest BCUT2D eigenvalue weighted by Gasteiger charge is 2.40. The third-order valence-electron chi connectivity index (χ3n) is 1.53. The lowest BCUT2D eigenvalue weighted by atomic mass is 9.96. The molecule has 0 saturated heterocycles. The Hall–Kier alpha value is -1.10. The Morgan fingerprint density at radius 2 is 2.00 bits per heavy atom. The molecule has 0 heterocycles. The van der Waals surface area contributed by atoms with Crippen molar-refractivity contribution in [2.75, 3.05) is 0 Å². The van der Waals surface area contributed by atoms with Crippen LogP contribution in [0.4, 0.5) is 0 Å². The summed E-state index contributed by atoms with van der Waals surface area (Å²) in [4.78, 5) is 30.9. The molecule has 0 aromatic heterocycles. The molecular formula is C6H9NO4. The molecule has 0 bridgehead atoms. The molecule has 11 heavy (non-hydrogen) atoms. The van der Waals surface area contributed by atoms with Crippen molar-refractivity contribution in [1.29, 1.82) is 0 Å². The van der Waals surface area contributed by atoms with Crippen LogP contribution < -0.4 is 0 Å². The smallest absolute Gasteiger partial charge is 0.325 e. The van der Waals surface area contributed by atoms with Crippen LogP contribution in [0.2, 0.25) is 0 Å². The van der Waals surface area contributed by atoms with E-state index in [4.69, 9.17) is 0 Å². The van der Waals surface area contributed by atoms with Crippen LogP contribution in [0.25, 0.3) is 0 Å². The summed E-state index contributed by atoms with van der Waals surface area (Å²) in [5.41, 5.74) is -2.21. The number of nitroso groups, excluding NO2 is 1. The molecule has 0 aromatic rings. The number of carbonyl (C=O) groups excluding carboxylic acids is 2. The first-order valence-corrected chi connectivity index (χ1v) is 3.10. The molecule has 5 nitrogen and oxygen atoms in total. The number of hydrogen-bond acceptors (Lipinski definition) is 4. The topological polar surface area (TPSA) is 83.8 Å². The molecule has 1 N–H and O–H groups in total. The van der Waals surface area contributed by atoms with Gasteiger partial charge in [-0.05, 0) is 13.3 Å². The van der Waals surface area contributed by atoms with Gasteiger partial charge in [0.2, 0.25) is 5.60 Å². The monoisotopic (exact) mass is 159 g/mol. The molecule has 0 radical (unpaired) electrons. The first-order chi connectivity index (χ1) is 4.99. The molecule has 0 aliphatic rings. The second kappa shape index (κ2) is 3.34. The van der Waals surface area contributed by atoms with Crippen LogP contribution >= 0.6 is 0 Å². The minimum Gasteiger partial charge on any atom is -0.373 e. The normalized spacial score (nSPS) is 15.2. The van der Waals surface area contributed by atoms with Gasteiger partial charge in [0, 0.05) is 5.18 Å². The van der Waals surface area contributed by atoms with E-state index in [9.17, 15) is 19.6 Å². The molecule has 1 unspecified atom stereocenters. The van der Waals surface area contributed by atoms with Crippen molar-refractivity contribution in [3.63, 3.8) is 0 Å². The van der Waals surface area contributed by atoms with E-state index in [-0.39, 0.29) is 6.42 Å². The number of rotatable bonds is 3. The maximum absolute atomic E-state index is 10.6. The summed E-state index contributed by atoms with van der Waals surface area (Å²) < 4.78 is 0. The van der Waals surface area contributed by atoms with Crippen molar-refractivity contribution in [2.24, 2.45) is 5.18 Å². The Morgan fingerprint density at radius 1 is 1.55 bits per heavy atom. The van der Waals surface area contributed by atoms with Crippen molar-refractivity contribution in [3.8, 4) is 0 Å². The van der Waals surface area contributed by atoms with E-state index in [1.807, 2.05) is 5.18 Å². The second-order valence-electron chi connectivity index (χ2n) is 2.17. The number of aliphatic hydroxyl groups is 1. The van der Waals surface area contributed by atoms with E-state index in [2.05, 4.69) is 0 Å². The Bertz CT molecular complexity index is 201. The molecule has 0 fully saturated rings. The fraction of sp³-hybridized carbons (Fsp3) is 0.667. The average molecular weight is 159 g/mol. The molecule has 1 atom stereocenters. The van der Waals surface area contributed by atoms with Crippen molar-refractivity contribution in [3.05, 3.63) is 4.91 Å². The van der Waals surface area contributed by atoms with Gasteiger partial charge >= 0.3 is 5.91 Å². The van der Waals surface area contributed by atoms with Gasteiger partial charge in [0.1, 0.15) is 0 Å². The molecule has 0 spiro atoms. The van der Waals surface area contributed by atoms with Crippen LogP contribution in [0.1, 0.15) is 20.3 Å². The van der Waals surface area contributed by atoms with E-state index in [0.29, 0.717) is 0 Å². The van der Waals surface area contributed by atoms with Gasteiger partial charge in [-0.1, -0.05) is 6.92 Å². The maximum Gasteiger partial charge on any atom is 0.325 e. The quantitative estimate of drug-likeness (QED) is 0.464. The van der Waals surface area contributed by atoms with Crippen LogP contribution in [-0.2, 0) is 9.59 Å². The number of hydrogen-bond donors (Lipinski definition) is 1. The molecule has 62 valence electrons. The Labute approximate surface area is 63.4 Å². The number of ketones is 1. The first-order valence-electron chi connectivity index (χ1n) is 3.10. The summed E-state index contributed by atoms with van der Waals surface area (Å²) in [6, 6.07) is 0. The third kappa shape index (κ3) is 1.68. The largest absolute Gasteiger partial charge is 0.373 e. The molecule has 0 aromatic carbocycles. The summed E-state index contributed by atoms with van der Waals surface area (Å²) in [5.74, 6) is -2.09. The van der Waals surface area contributed by atoms with Crippen LogP contribution in [-0.4, -0.2) is 22.4 Å². The minimum atomic E-state index is -2.21. The third-order valence-corrected chi connectivity index (χ3v) is 1.53. The van der Waals surface area contributed by atoms with Crippen molar-refractivity contribution in [1.82, 2.24) is 0 Å². The van der Waals surface area contributed by atoms with E-state index in [0.717, 1.165) is 6.92 Å². The van der Waals surface area contributed by atoms with Crippen LogP contribution in [0.5, 0.6) is 0 Å². The Kier molecular flexibility index (Phi) is 3.00. The highest BCUT2D eigenvalue weighted by atomic mass is 16.3. The van der Waals surface area contributed by atoms with Gasteiger partial charge in [0.25, 0.3) is 0 Å². The SMILES string of the molecule is CCC(O)(C(C)=O)C(=O)N=O. The van der Waals surface area contributed by atoms with E-state index in [1.165, 1.54) is 6.92 Å². The van der Waals surface area contributed by atoms with Crippen molar-refractivity contribution in [2.45, 2.75) is 25.9 Å². The summed E-state index contributed by atoms with van der Waals surface area (Å²) in [7, 11) is 0. The van der Waals surface area contributed by atoms with Gasteiger partial charge in [-0.2, -0.15) is 0 Å². The maximum atomic E-state index is 10.6. The number of Topliss-reactive ketones (excluding diaryl/α,β-unsaturated/α-hetero) is 1. The number of carbonyl (C=O) groups is 2. The van der Waals surface area contributed by atoms with Crippen LogP contribution in [0, 0.1) is 4.91 Å². The predicted molar refractivity (Wildman–Crippen MR) is 36.7 cm³/mol. The van der Waals surface area contributed by atoms with Gasteiger partial charge in [-0.3, -0.25) is 9.59 Å². The predicted octanol–water partition coefficient (Wildman–Crippen LogP) is 0.00950. The lowest BCUT2D eigenvalue weighted by Gasteiger charge is -2.16. The van der Waals surface area contributed by atoms with Crippen LogP contribution in [0.3, 0.4) is 0 Å². The highest BCUT2D eigenvalue weighted by molar-refractivity contribution is 6.08. The molecule has 0 aliphatic carbocycles. The number of nitrogens with zero attached hydrogens (tertiary/aromatic N) is 1. The van der Waals surface area contributed by atoms with Crippen LogP contribution in [0.15, 0.2) is 5.18 Å². The Balaban J connectivity index is 4.73. The van der Waals surface area contributed by atoms with Gasteiger partial charge in [0.05, 0.1) is 0 Å². The lowest BCUT2D eigenvalue weighted by Crippen LogP contribution is -2.43. The van der Waals surface area contributed by atoms with Gasteiger partial charge in [-0.15, -0.1) is 4.91 Å². The second-order valence-corrected chi connectivity index (χ2v) is 2.17. The zero-order chi connectivity index (χ0) is 9.07. The van der Waals surface area contributed by atoms with Gasteiger partial charge in [0.15, 0.2) is 5.78 Å². The summed E-state index contributed by atoms with van der Waals surface area (Å²) in [6.45, 7) is 2.46. The van der Waals surface area contributed by atoms with Crippen molar-refractivity contribution < 1.29 is 14.7 Å². The fourth-order valence-electron chi connectivity index (χ4n) is 0.626. The molecule has 1 amide bonds. The molecule has 0 rings (SSSR count). The Morgan fingerprint density at radius 3 is 2.09 bits per heavy atom. The van der Waals surface area contributed by atoms with E-state index < -0.39 is 17.3 Å². The fourth-order valence-corrected chi connectivity index (χ4v) is 0.626. The molecular weight excluding hydrogens is 150 g/mol. The average Bonchev–Trinajstić information content (AvgIpc) is 2.01. The molecule has 0 aliphatic heterocycles. The van der Waals surface area contributed by atoms with E-state index in [1.54, 1.807) is 0 Å². The summed E-state index contributed by atoms with van der Waals surface area (Å²) >= 11 is 0.